The lowest BCUT2D eigenvalue weighted by Gasteiger charge is -2.31. The first kappa shape index (κ1) is 53.5. The molecule has 19 nitrogen and oxygen atoms in total. The predicted octanol–water partition coefficient (Wildman–Crippen LogP) is 4.13. The van der Waals surface area contributed by atoms with Crippen LogP contribution in [0.2, 0.25) is 0 Å². The molecule has 7 rings (SSSR count). The number of piperidine rings is 1. The maximum atomic E-state index is 14.6. The number of hydrogen-bond donors (Lipinski definition) is 8. The molecule has 1 fully saturated rings. The smallest absolute Gasteiger partial charge is 0.370 e. The van der Waals surface area contributed by atoms with Crippen molar-refractivity contribution in [2.75, 3.05) is 11.4 Å². The molecule has 73 heavy (non-hydrogen) atoms. The van der Waals surface area contributed by atoms with Crippen LogP contribution in [0.3, 0.4) is 0 Å². The maximum Gasteiger partial charge on any atom is 0.399 e. The first-order valence-electron chi connectivity index (χ1n) is 24.0. The molecule has 0 aliphatic carbocycles. The van der Waals surface area contributed by atoms with Crippen molar-refractivity contribution in [3.63, 3.8) is 0 Å². The van der Waals surface area contributed by atoms with Crippen LogP contribution in [0, 0.1) is 17.8 Å². The molecule has 1 unspecified atom stereocenters. The Morgan fingerprint density at radius 3 is 2.42 bits per heavy atom. The van der Waals surface area contributed by atoms with Gasteiger partial charge >= 0.3 is 13.3 Å². The number of para-hydroxylation sites is 1. The van der Waals surface area contributed by atoms with Gasteiger partial charge < -0.3 is 41.4 Å². The van der Waals surface area contributed by atoms with Crippen LogP contribution < -0.4 is 31.9 Å². The summed E-state index contributed by atoms with van der Waals surface area (Å²) in [6.07, 6.45) is 3.69. The number of H-pyrrole nitrogens is 1. The molecule has 1 aromatic heterocycles. The molecule has 3 aromatic carbocycles. The van der Waals surface area contributed by atoms with Gasteiger partial charge in [-0.15, -0.1) is 0 Å². The maximum absolute atomic E-state index is 14.6. The Morgan fingerprint density at radius 2 is 1.70 bits per heavy atom. The standard InChI is InChI=1S/C51H57F2N8O11P/c1-29(2)24-39(58-46(65)38-26-32-25-33(17-18-36(32)56-38)51(52,53)73(70,71)72)50(69)61-40-16-9-8-13-31(40)27-42(61)48(67)57-37(19-21-43(54)62)45(64)55-23-10-6-4-3-5-7-12-30-14-11-15-34-35(30)28-60(49(34)68)41-20-22-44(63)59-47(41)66/h8-9,11,13-18,25-26,29,37,39,41-42,56H,3-6,10,19-24,27-28H2,1-2H3,(H2,54,62)(H,55,64)(H,57,67)(H,58,65)(H,59,63,66)(H2,70,71,72)/t37-,39-,41?,42-/m0/s1. The summed E-state index contributed by atoms with van der Waals surface area (Å²) in [5, 5.41) is 10.6. The Kier molecular flexibility index (Phi) is 16.6. The van der Waals surface area contributed by atoms with Gasteiger partial charge in [0.15, 0.2) is 0 Å². The molecule has 4 atom stereocenters. The average molecular weight is 1030 g/mol. The van der Waals surface area contributed by atoms with Crippen molar-refractivity contribution in [3.8, 4) is 11.8 Å². The van der Waals surface area contributed by atoms with Crippen LogP contribution >= 0.6 is 7.60 Å². The highest BCUT2D eigenvalue weighted by Crippen LogP contribution is 2.59. The molecule has 22 heteroatoms. The minimum absolute atomic E-state index is 0.0539. The van der Waals surface area contributed by atoms with Crippen molar-refractivity contribution in [3.05, 3.63) is 100 Å². The quantitative estimate of drug-likeness (QED) is 0.0270. The summed E-state index contributed by atoms with van der Waals surface area (Å²) < 4.78 is 40.5. The van der Waals surface area contributed by atoms with Crippen molar-refractivity contribution in [2.45, 2.75) is 121 Å². The molecule has 0 bridgehead atoms. The zero-order valence-electron chi connectivity index (χ0n) is 40.2. The second-order valence-electron chi connectivity index (χ2n) is 18.8. The molecule has 0 radical (unpaired) electrons. The Morgan fingerprint density at radius 1 is 0.945 bits per heavy atom. The molecule has 9 N–H and O–H groups in total. The van der Waals surface area contributed by atoms with Crippen LogP contribution in [0.1, 0.15) is 121 Å². The average Bonchev–Trinajstić information content (AvgIpc) is 4.05. The summed E-state index contributed by atoms with van der Waals surface area (Å²) in [4.78, 5) is 129. The SMILES string of the molecule is CC(C)C[C@H](NC(=O)c1cc2cc(C(F)(F)P(=O)(O)O)ccc2[nH]1)C(=O)N1c2ccccc2C[C@H]1C(=O)N[C@@H](CCC(N)=O)C(=O)NCCCCCCC#Cc1cccc2c1CN(C1CCC(=O)NC1=O)C2=O. The van der Waals surface area contributed by atoms with Crippen molar-refractivity contribution in [1.82, 2.24) is 31.2 Å². The predicted molar refractivity (Wildman–Crippen MR) is 262 cm³/mol. The van der Waals surface area contributed by atoms with Crippen molar-refractivity contribution in [2.24, 2.45) is 11.7 Å². The number of fused-ring (bicyclic) bond motifs is 3. The van der Waals surface area contributed by atoms with E-state index in [-0.39, 0.29) is 85.9 Å². The number of rotatable bonds is 20. The fourth-order valence-electron chi connectivity index (χ4n) is 9.29. The molecule has 4 aromatic rings. The highest BCUT2D eigenvalue weighted by molar-refractivity contribution is 7.52. The second-order valence-corrected chi connectivity index (χ2v) is 20.5. The number of nitrogens with zero attached hydrogens (tertiary/aromatic N) is 2. The van der Waals surface area contributed by atoms with Crippen molar-refractivity contribution < 1.29 is 61.5 Å². The van der Waals surface area contributed by atoms with E-state index in [1.54, 1.807) is 36.4 Å². The van der Waals surface area contributed by atoms with Crippen LogP contribution in [0.25, 0.3) is 10.9 Å². The lowest BCUT2D eigenvalue weighted by molar-refractivity contribution is -0.137. The highest BCUT2D eigenvalue weighted by atomic mass is 31.2. The van der Waals surface area contributed by atoms with E-state index < -0.39 is 78.4 Å². The van der Waals surface area contributed by atoms with Gasteiger partial charge in [-0.05, 0) is 85.5 Å². The topological polar surface area (TPSA) is 290 Å². The summed E-state index contributed by atoms with van der Waals surface area (Å²) in [5.74, 6) is 1.68. The Hall–Kier alpha value is -7.27. The summed E-state index contributed by atoms with van der Waals surface area (Å²) in [6.45, 7) is 4.13. The van der Waals surface area contributed by atoms with E-state index in [1.807, 2.05) is 19.9 Å². The third-order valence-corrected chi connectivity index (χ3v) is 14.0. The molecule has 386 valence electrons. The summed E-state index contributed by atoms with van der Waals surface area (Å²) in [5.41, 5.74) is 3.06. The first-order valence-corrected chi connectivity index (χ1v) is 25.7. The van der Waals surface area contributed by atoms with E-state index in [9.17, 15) is 61.5 Å². The largest absolute Gasteiger partial charge is 0.399 e. The highest BCUT2D eigenvalue weighted by Gasteiger charge is 2.50. The fourth-order valence-corrected chi connectivity index (χ4v) is 9.76. The van der Waals surface area contributed by atoms with Crippen LogP contribution in [0.5, 0.6) is 0 Å². The van der Waals surface area contributed by atoms with Crippen molar-refractivity contribution in [1.29, 1.82) is 0 Å². The number of anilines is 1. The number of alkyl halides is 2. The first-order chi connectivity index (χ1) is 34.6. The normalized spacial score (nSPS) is 17.3. The Labute approximate surface area is 418 Å². The zero-order chi connectivity index (χ0) is 52.8. The number of aromatic amines is 1. The number of aromatic nitrogens is 1. The number of imide groups is 1. The molecule has 0 saturated carbocycles. The van der Waals surface area contributed by atoms with Gasteiger partial charge in [0.05, 0.1) is 0 Å². The van der Waals surface area contributed by atoms with Gasteiger partial charge in [0.2, 0.25) is 35.4 Å². The molecule has 1 saturated heterocycles. The van der Waals surface area contributed by atoms with Crippen LogP contribution in [0.15, 0.2) is 66.7 Å². The van der Waals surface area contributed by atoms with Gasteiger partial charge in [-0.3, -0.25) is 53.1 Å². The number of hydrogen-bond acceptors (Lipinski definition) is 9. The van der Waals surface area contributed by atoms with Crippen LogP contribution in [-0.4, -0.2) is 97.6 Å². The molecular weight excluding hydrogens is 970 g/mol. The minimum atomic E-state index is -5.87. The summed E-state index contributed by atoms with van der Waals surface area (Å²) in [7, 11) is -5.87. The minimum Gasteiger partial charge on any atom is -0.370 e. The number of carbonyl (C=O) groups excluding carboxylic acids is 8. The molecule has 3 aliphatic rings. The lowest BCUT2D eigenvalue weighted by Crippen LogP contribution is -2.57. The number of nitrogens with two attached hydrogens (primary N) is 1. The molecule has 8 amide bonds. The van der Waals surface area contributed by atoms with Crippen LogP contribution in [-0.2, 0) is 52.0 Å². The molecule has 3 aliphatic heterocycles. The number of unbranched alkanes of at least 4 members (excludes halogenated alkanes) is 4. The third kappa shape index (κ3) is 12.3. The van der Waals surface area contributed by atoms with Crippen molar-refractivity contribution >= 4 is 71.4 Å². The fraction of sp³-hybridized carbons (Fsp3) is 0.412. The molecule has 4 heterocycles. The van der Waals surface area contributed by atoms with E-state index in [0.29, 0.717) is 35.2 Å². The molecular formula is C51H57F2N8O11P. The number of amides is 8. The lowest BCUT2D eigenvalue weighted by atomic mass is 10.0. The molecule has 0 spiro atoms. The van der Waals surface area contributed by atoms with Gasteiger partial charge in [-0.2, -0.15) is 8.78 Å². The van der Waals surface area contributed by atoms with Gasteiger partial charge in [-0.25, -0.2) is 0 Å². The van der Waals surface area contributed by atoms with E-state index in [0.717, 1.165) is 43.0 Å². The Balaban J connectivity index is 0.941. The van der Waals surface area contributed by atoms with Gasteiger partial charge in [0.1, 0.15) is 29.9 Å². The van der Waals surface area contributed by atoms with Gasteiger partial charge in [0.25, 0.3) is 11.8 Å². The number of benzene rings is 3. The number of nitrogens with one attached hydrogen (secondary N) is 5. The third-order valence-electron chi connectivity index (χ3n) is 13.1. The van der Waals surface area contributed by atoms with E-state index in [2.05, 4.69) is 38.1 Å². The van der Waals surface area contributed by atoms with Gasteiger partial charge in [0, 0.05) is 72.1 Å². The number of primary amides is 1. The monoisotopic (exact) mass is 1030 g/mol. The zero-order valence-corrected chi connectivity index (χ0v) is 41.1. The number of halogens is 2. The van der Waals surface area contributed by atoms with Gasteiger partial charge in [-0.1, -0.05) is 68.9 Å². The summed E-state index contributed by atoms with van der Waals surface area (Å²) >= 11 is 0. The second kappa shape index (κ2) is 22.7. The number of carbonyl (C=O) groups is 8. The Bertz CT molecular complexity index is 2960. The van der Waals surface area contributed by atoms with E-state index >= 15 is 0 Å². The van der Waals surface area contributed by atoms with Crippen LogP contribution in [0.4, 0.5) is 14.5 Å². The van der Waals surface area contributed by atoms with E-state index in [1.165, 1.54) is 15.9 Å². The summed E-state index contributed by atoms with van der Waals surface area (Å²) in [6, 6.07) is 11.8. The van der Waals surface area contributed by atoms with E-state index in [4.69, 9.17) is 5.73 Å².